The number of halogens is 2. The van der Waals surface area contributed by atoms with Gasteiger partial charge in [-0.1, -0.05) is 59.6 Å². The van der Waals surface area contributed by atoms with E-state index in [1.165, 1.54) is 0 Å². The first-order valence-corrected chi connectivity index (χ1v) is 11.0. The lowest BCUT2D eigenvalue weighted by molar-refractivity contribution is 0.175. The second-order valence-electron chi connectivity index (χ2n) is 7.62. The van der Waals surface area contributed by atoms with E-state index in [9.17, 15) is 10.1 Å². The first-order valence-electron chi connectivity index (χ1n) is 10.2. The Hall–Kier alpha value is -3.20. The maximum absolute atomic E-state index is 13.5. The number of nitrogens with zero attached hydrogens (tertiary/aromatic N) is 3. The number of carbonyl (C=O) groups is 1. The van der Waals surface area contributed by atoms with Crippen LogP contribution in [-0.2, 0) is 6.54 Å². The second kappa shape index (κ2) is 9.95. The number of hydrogen-bond acceptors (Lipinski definition) is 3. The first kappa shape index (κ1) is 22.0. The van der Waals surface area contributed by atoms with Crippen molar-refractivity contribution in [2.24, 2.45) is 5.92 Å². The smallest absolute Gasteiger partial charge is 0.324 e. The van der Waals surface area contributed by atoms with Crippen molar-refractivity contribution in [3.05, 3.63) is 88.4 Å². The molecule has 0 N–H and O–H groups in total. The molecule has 2 amide bonds. The van der Waals surface area contributed by atoms with Gasteiger partial charge in [-0.25, -0.2) is 4.79 Å². The first-order chi connectivity index (χ1) is 15.5. The average Bonchev–Trinajstić information content (AvgIpc) is 2.79. The van der Waals surface area contributed by atoms with E-state index in [2.05, 4.69) is 6.07 Å². The maximum atomic E-state index is 13.5. The molecule has 5 nitrogen and oxygen atoms in total. The SMILES string of the molecule is N#CCC1CN(Cc2ccc(Cl)cc2Cl)C(=O)N(c2ccccc2Oc2ccccc2)C1. The molecule has 7 heteroatoms. The van der Waals surface area contributed by atoms with Crippen LogP contribution in [0.3, 0.4) is 0 Å². The summed E-state index contributed by atoms with van der Waals surface area (Å²) in [7, 11) is 0. The van der Waals surface area contributed by atoms with Gasteiger partial charge in [0.25, 0.3) is 0 Å². The Bertz CT molecular complexity index is 1150. The molecule has 1 aliphatic heterocycles. The normalized spacial score (nSPS) is 16.0. The molecular weight excluding hydrogens is 445 g/mol. The van der Waals surface area contributed by atoms with Crippen LogP contribution >= 0.6 is 23.2 Å². The standard InChI is InChI=1S/C25H21Cl2N3O2/c26-20-11-10-19(22(27)14-20)17-29-15-18(12-13-28)16-30(25(29)31)23-8-4-5-9-24(23)32-21-6-2-1-3-7-21/h1-11,14,18H,12,15-17H2. The predicted octanol–water partition coefficient (Wildman–Crippen LogP) is 6.76. The van der Waals surface area contributed by atoms with Crippen molar-refractivity contribution in [3.8, 4) is 17.6 Å². The van der Waals surface area contributed by atoms with E-state index in [1.54, 1.807) is 21.9 Å². The Kier molecular flexibility index (Phi) is 6.84. The van der Waals surface area contributed by atoms with Crippen LogP contribution in [0.5, 0.6) is 11.5 Å². The van der Waals surface area contributed by atoms with Gasteiger partial charge in [0.1, 0.15) is 5.75 Å². The third-order valence-electron chi connectivity index (χ3n) is 5.30. The number of hydrogen-bond donors (Lipinski definition) is 0. The van der Waals surface area contributed by atoms with Crippen molar-refractivity contribution < 1.29 is 9.53 Å². The molecule has 1 saturated heterocycles. The van der Waals surface area contributed by atoms with Gasteiger partial charge in [-0.05, 0) is 42.0 Å². The molecule has 1 atom stereocenters. The number of amides is 2. The highest BCUT2D eigenvalue weighted by atomic mass is 35.5. The van der Waals surface area contributed by atoms with Gasteiger partial charge in [-0.15, -0.1) is 0 Å². The van der Waals surface area contributed by atoms with Crippen molar-refractivity contribution in [3.63, 3.8) is 0 Å². The van der Waals surface area contributed by atoms with Crippen LogP contribution < -0.4 is 9.64 Å². The largest absolute Gasteiger partial charge is 0.455 e. The molecule has 0 spiro atoms. The van der Waals surface area contributed by atoms with Crippen LogP contribution in [0.1, 0.15) is 12.0 Å². The Morgan fingerprint density at radius 1 is 1.00 bits per heavy atom. The fourth-order valence-electron chi connectivity index (χ4n) is 3.78. The zero-order valence-corrected chi connectivity index (χ0v) is 18.8. The molecule has 1 aliphatic rings. The lowest BCUT2D eigenvalue weighted by atomic mass is 10.0. The molecule has 1 unspecified atom stereocenters. The third kappa shape index (κ3) is 4.99. The van der Waals surface area contributed by atoms with E-state index < -0.39 is 0 Å². The summed E-state index contributed by atoms with van der Waals surface area (Å²) in [6.07, 6.45) is 0.344. The fraction of sp³-hybridized carbons (Fsp3) is 0.200. The summed E-state index contributed by atoms with van der Waals surface area (Å²) in [5.41, 5.74) is 1.46. The van der Waals surface area contributed by atoms with Gasteiger partial charge >= 0.3 is 6.03 Å². The van der Waals surface area contributed by atoms with Crippen molar-refractivity contribution >= 4 is 34.9 Å². The molecule has 0 aliphatic carbocycles. The fourth-order valence-corrected chi connectivity index (χ4v) is 4.25. The second-order valence-corrected chi connectivity index (χ2v) is 8.46. The van der Waals surface area contributed by atoms with Crippen LogP contribution in [-0.4, -0.2) is 24.0 Å². The average molecular weight is 466 g/mol. The van der Waals surface area contributed by atoms with Crippen LogP contribution in [0.2, 0.25) is 10.0 Å². The number of nitriles is 1. The molecule has 1 fully saturated rings. The number of para-hydroxylation sites is 3. The van der Waals surface area contributed by atoms with Crippen molar-refractivity contribution in [2.45, 2.75) is 13.0 Å². The molecule has 162 valence electrons. The molecule has 1 heterocycles. The summed E-state index contributed by atoms with van der Waals surface area (Å²) < 4.78 is 6.08. The highest BCUT2D eigenvalue weighted by molar-refractivity contribution is 6.35. The minimum absolute atomic E-state index is 0.00597. The van der Waals surface area contributed by atoms with E-state index in [0.29, 0.717) is 53.3 Å². The van der Waals surface area contributed by atoms with E-state index in [4.69, 9.17) is 27.9 Å². The Morgan fingerprint density at radius 3 is 2.50 bits per heavy atom. The van der Waals surface area contributed by atoms with Gasteiger partial charge in [-0.2, -0.15) is 5.26 Å². The molecular formula is C25H21Cl2N3O2. The zero-order chi connectivity index (χ0) is 22.5. The van der Waals surface area contributed by atoms with Crippen molar-refractivity contribution in [2.75, 3.05) is 18.0 Å². The Balaban J connectivity index is 1.64. The molecule has 0 radical (unpaired) electrons. The van der Waals surface area contributed by atoms with Gasteiger partial charge < -0.3 is 9.64 Å². The predicted molar refractivity (Wildman–Crippen MR) is 126 cm³/mol. The molecule has 3 aromatic rings. The quantitative estimate of drug-likeness (QED) is 0.404. The number of ether oxygens (including phenoxy) is 1. The topological polar surface area (TPSA) is 56.6 Å². The molecule has 32 heavy (non-hydrogen) atoms. The van der Waals surface area contributed by atoms with Crippen molar-refractivity contribution in [1.29, 1.82) is 5.26 Å². The van der Waals surface area contributed by atoms with Gasteiger partial charge in [0.15, 0.2) is 5.75 Å². The lowest BCUT2D eigenvalue weighted by Gasteiger charge is -2.40. The van der Waals surface area contributed by atoms with Crippen molar-refractivity contribution in [1.82, 2.24) is 4.90 Å². The number of urea groups is 1. The van der Waals surface area contributed by atoms with E-state index in [0.717, 1.165) is 5.56 Å². The molecule has 0 aromatic heterocycles. The Morgan fingerprint density at radius 2 is 1.75 bits per heavy atom. The Labute approximate surface area is 197 Å². The number of anilines is 1. The summed E-state index contributed by atoms with van der Waals surface area (Å²) in [5, 5.41) is 10.4. The van der Waals surface area contributed by atoms with E-state index in [1.807, 2.05) is 60.7 Å². The summed E-state index contributed by atoms with van der Waals surface area (Å²) >= 11 is 12.4. The maximum Gasteiger partial charge on any atom is 0.324 e. The number of carbonyl (C=O) groups excluding carboxylic acids is 1. The zero-order valence-electron chi connectivity index (χ0n) is 17.2. The molecule has 4 rings (SSSR count). The van der Waals surface area contributed by atoms with Crippen LogP contribution in [0.4, 0.5) is 10.5 Å². The van der Waals surface area contributed by atoms with Crippen LogP contribution in [0.25, 0.3) is 0 Å². The van der Waals surface area contributed by atoms with Gasteiger partial charge in [0, 0.05) is 42.0 Å². The lowest BCUT2D eigenvalue weighted by Crippen LogP contribution is -2.53. The summed E-state index contributed by atoms with van der Waals surface area (Å²) in [6, 6.07) is 24.2. The highest BCUT2D eigenvalue weighted by Gasteiger charge is 2.34. The summed E-state index contributed by atoms with van der Waals surface area (Å²) in [4.78, 5) is 16.9. The van der Waals surface area contributed by atoms with Gasteiger partial charge in [-0.3, -0.25) is 4.90 Å². The molecule has 3 aromatic carbocycles. The van der Waals surface area contributed by atoms with Crippen LogP contribution in [0, 0.1) is 17.2 Å². The van der Waals surface area contributed by atoms with E-state index in [-0.39, 0.29) is 11.9 Å². The summed E-state index contributed by atoms with van der Waals surface area (Å²) in [5.74, 6) is 1.26. The van der Waals surface area contributed by atoms with E-state index >= 15 is 0 Å². The number of rotatable bonds is 6. The number of benzene rings is 3. The van der Waals surface area contributed by atoms with Gasteiger partial charge in [0.05, 0.1) is 11.8 Å². The van der Waals surface area contributed by atoms with Gasteiger partial charge in [0.2, 0.25) is 0 Å². The molecule has 0 bridgehead atoms. The highest BCUT2D eigenvalue weighted by Crippen LogP contribution is 2.35. The minimum Gasteiger partial charge on any atom is -0.455 e. The molecule has 0 saturated carbocycles. The van der Waals surface area contributed by atoms with Crippen LogP contribution in [0.15, 0.2) is 72.8 Å². The third-order valence-corrected chi connectivity index (χ3v) is 5.89. The monoisotopic (exact) mass is 465 g/mol. The summed E-state index contributed by atoms with van der Waals surface area (Å²) in [6.45, 7) is 1.24. The minimum atomic E-state index is -0.158.